The molecule has 4 aromatic rings. The largest absolute Gasteiger partial charge is 0.497 e. The van der Waals surface area contributed by atoms with Gasteiger partial charge in [-0.2, -0.15) is 0 Å². The van der Waals surface area contributed by atoms with Gasteiger partial charge in [-0.05, 0) is 54.7 Å². The van der Waals surface area contributed by atoms with E-state index in [9.17, 15) is 19.2 Å². The van der Waals surface area contributed by atoms with Crippen LogP contribution in [0.2, 0.25) is 0 Å². The fourth-order valence-electron chi connectivity index (χ4n) is 6.97. The number of Topliss-reactive ketones (excluding diaryl/α,β-unsaturated/α-hetero) is 1. The second kappa shape index (κ2) is 11.2. The lowest BCUT2D eigenvalue weighted by Crippen LogP contribution is -2.37. The highest BCUT2D eigenvalue weighted by molar-refractivity contribution is 9.12. The van der Waals surface area contributed by atoms with Crippen LogP contribution in [0.4, 0.5) is 5.69 Å². The Balaban J connectivity index is 1.14. The van der Waals surface area contributed by atoms with Crippen LogP contribution in [0.15, 0.2) is 78.9 Å². The Labute approximate surface area is 270 Å². The van der Waals surface area contributed by atoms with Crippen LogP contribution in [0.3, 0.4) is 0 Å². The lowest BCUT2D eigenvalue weighted by Gasteiger charge is -2.28. The summed E-state index contributed by atoms with van der Waals surface area (Å²) < 4.78 is 10.6. The summed E-state index contributed by atoms with van der Waals surface area (Å²) in [6.07, 6.45) is 0.874. The number of nitrogens with zero attached hydrogens (tertiary/aromatic N) is 2. The number of aromatic nitrogens is 1. The van der Waals surface area contributed by atoms with Gasteiger partial charge in [0.2, 0.25) is 11.8 Å². The molecule has 222 valence electrons. The second-order valence-corrected chi connectivity index (χ2v) is 13.5. The molecule has 1 aliphatic heterocycles. The summed E-state index contributed by atoms with van der Waals surface area (Å²) in [5.41, 5.74) is 2.96. The van der Waals surface area contributed by atoms with Gasteiger partial charge in [-0.3, -0.25) is 19.3 Å². The highest BCUT2D eigenvalue weighted by Gasteiger charge is 2.66. The number of hydrogen-bond acceptors (Lipinski definition) is 7. The van der Waals surface area contributed by atoms with E-state index in [1.807, 2.05) is 6.07 Å². The summed E-state index contributed by atoms with van der Waals surface area (Å²) in [4.78, 5) is 59.4. The molecular weight excluding hydrogens is 692 g/mol. The maximum Gasteiger partial charge on any atom is 0.339 e. The minimum atomic E-state index is -0.651. The second-order valence-electron chi connectivity index (χ2n) is 11.4. The van der Waals surface area contributed by atoms with Gasteiger partial charge in [0, 0.05) is 26.2 Å². The number of amides is 2. The number of para-hydroxylation sites is 1. The highest BCUT2D eigenvalue weighted by atomic mass is 79.9. The number of ether oxygens (including phenoxy) is 2. The molecule has 1 saturated heterocycles. The lowest BCUT2D eigenvalue weighted by atomic mass is 9.81. The van der Waals surface area contributed by atoms with E-state index in [1.54, 1.807) is 72.8 Å². The van der Waals surface area contributed by atoms with Gasteiger partial charge in [-0.15, -0.1) is 0 Å². The number of esters is 1. The summed E-state index contributed by atoms with van der Waals surface area (Å²) >= 11 is 7.46. The van der Waals surface area contributed by atoms with E-state index in [1.165, 1.54) is 12.0 Å². The highest BCUT2D eigenvalue weighted by Crippen LogP contribution is 2.60. The molecule has 6 atom stereocenters. The molecule has 8 nitrogen and oxygen atoms in total. The van der Waals surface area contributed by atoms with Crippen LogP contribution in [0.25, 0.3) is 22.2 Å². The summed E-state index contributed by atoms with van der Waals surface area (Å²) in [6, 6.07) is 22.6. The first kappa shape index (κ1) is 28.9. The number of methoxy groups -OCH3 is 1. The average molecular weight is 718 g/mol. The maximum atomic E-state index is 13.5. The quantitative estimate of drug-likeness (QED) is 0.0967. The van der Waals surface area contributed by atoms with Crippen LogP contribution in [0, 0.1) is 23.7 Å². The summed E-state index contributed by atoms with van der Waals surface area (Å²) in [6.45, 7) is -0.431. The standard InChI is InChI=1S/C34H26Br2N2O6/c1-43-20-6-4-5-18(13-20)27(39)16-44-34(42)22-15-26(37-25-8-3-2-7-21(22)25)17-9-11-19(12-10-17)38-32(40)28-23-14-24(29(28)33(38)41)31(36)30(23)35/h2-13,15,23-24,28-31H,14,16H2,1H3. The molecule has 44 heavy (non-hydrogen) atoms. The molecule has 7 rings (SSSR count). The van der Waals surface area contributed by atoms with Crippen molar-refractivity contribution in [1.82, 2.24) is 4.98 Å². The van der Waals surface area contributed by atoms with E-state index >= 15 is 0 Å². The Morgan fingerprint density at radius 1 is 0.886 bits per heavy atom. The molecule has 2 amide bonds. The van der Waals surface area contributed by atoms with Gasteiger partial charge < -0.3 is 9.47 Å². The minimum absolute atomic E-state index is 0.138. The van der Waals surface area contributed by atoms with E-state index in [4.69, 9.17) is 14.5 Å². The summed E-state index contributed by atoms with van der Waals surface area (Å²) in [7, 11) is 1.51. The Hall–Kier alpha value is -3.89. The van der Waals surface area contributed by atoms with E-state index < -0.39 is 12.6 Å². The van der Waals surface area contributed by atoms with Crippen molar-refractivity contribution < 1.29 is 28.7 Å². The van der Waals surface area contributed by atoms with Crippen molar-refractivity contribution in [2.24, 2.45) is 23.7 Å². The predicted molar refractivity (Wildman–Crippen MR) is 171 cm³/mol. The van der Waals surface area contributed by atoms with Crippen LogP contribution in [-0.4, -0.2) is 51.9 Å². The molecule has 3 fully saturated rings. The first-order valence-corrected chi connectivity index (χ1v) is 16.1. The minimum Gasteiger partial charge on any atom is -0.497 e. The number of fused-ring (bicyclic) bond motifs is 6. The van der Waals surface area contributed by atoms with Crippen LogP contribution in [-0.2, 0) is 14.3 Å². The number of ketones is 1. The van der Waals surface area contributed by atoms with E-state index in [2.05, 4.69) is 31.9 Å². The number of rotatable bonds is 7. The third kappa shape index (κ3) is 4.66. The number of imide groups is 1. The van der Waals surface area contributed by atoms with Gasteiger partial charge in [0.1, 0.15) is 5.75 Å². The SMILES string of the molecule is COc1cccc(C(=O)COC(=O)c2cc(-c3ccc(N4C(=O)C5C6CC(C(Br)C6Br)C5C4=O)cc3)nc3ccccc23)c1. The average Bonchev–Trinajstić information content (AvgIpc) is 3.67. The molecule has 0 radical (unpaired) electrons. The predicted octanol–water partition coefficient (Wildman–Crippen LogP) is 6.23. The van der Waals surface area contributed by atoms with Crippen molar-refractivity contribution in [3.63, 3.8) is 0 Å². The number of anilines is 1. The van der Waals surface area contributed by atoms with E-state index in [0.717, 1.165) is 6.42 Å². The molecule has 6 unspecified atom stereocenters. The van der Waals surface area contributed by atoms with Gasteiger partial charge in [0.05, 0.1) is 41.4 Å². The van der Waals surface area contributed by atoms with Gasteiger partial charge in [-0.1, -0.05) is 74.3 Å². The fourth-order valence-corrected chi connectivity index (χ4v) is 8.84. The third-order valence-electron chi connectivity index (χ3n) is 9.07. The Morgan fingerprint density at radius 2 is 1.57 bits per heavy atom. The van der Waals surface area contributed by atoms with E-state index in [-0.39, 0.29) is 56.5 Å². The van der Waals surface area contributed by atoms with Crippen molar-refractivity contribution in [3.8, 4) is 17.0 Å². The molecule has 10 heteroatoms. The first-order chi connectivity index (χ1) is 21.3. The summed E-state index contributed by atoms with van der Waals surface area (Å²) in [5, 5.41) is 0.594. The number of carbonyl (C=O) groups is 4. The van der Waals surface area contributed by atoms with Gasteiger partial charge in [-0.25, -0.2) is 9.78 Å². The number of carbonyl (C=O) groups excluding carboxylic acids is 4. The number of alkyl halides is 2. The van der Waals surface area contributed by atoms with Gasteiger partial charge in [0.25, 0.3) is 0 Å². The Morgan fingerprint density at radius 3 is 2.25 bits per heavy atom. The zero-order valence-electron chi connectivity index (χ0n) is 23.5. The fraction of sp³-hybridized carbons (Fsp3) is 0.265. The monoisotopic (exact) mass is 716 g/mol. The van der Waals surface area contributed by atoms with Crippen molar-refractivity contribution in [2.45, 2.75) is 16.1 Å². The van der Waals surface area contributed by atoms with Gasteiger partial charge >= 0.3 is 5.97 Å². The zero-order chi connectivity index (χ0) is 30.7. The van der Waals surface area contributed by atoms with E-state index in [0.29, 0.717) is 39.2 Å². The third-order valence-corrected chi connectivity index (χ3v) is 12.3. The molecule has 2 bridgehead atoms. The van der Waals surface area contributed by atoms with Crippen molar-refractivity contribution in [3.05, 3.63) is 90.0 Å². The molecule has 0 N–H and O–H groups in total. The molecule has 3 aromatic carbocycles. The van der Waals surface area contributed by atoms with Crippen molar-refractivity contribution >= 4 is 72.0 Å². The smallest absolute Gasteiger partial charge is 0.339 e. The topological polar surface area (TPSA) is 103 Å². The normalized spacial score (nSPS) is 25.4. The maximum absolute atomic E-state index is 13.5. The van der Waals surface area contributed by atoms with Crippen LogP contribution in [0.1, 0.15) is 27.1 Å². The van der Waals surface area contributed by atoms with Crippen LogP contribution >= 0.6 is 31.9 Å². The number of pyridine rings is 1. The molecule has 2 saturated carbocycles. The molecule has 2 aliphatic carbocycles. The molecule has 1 aromatic heterocycles. The molecule has 3 aliphatic rings. The van der Waals surface area contributed by atoms with Crippen molar-refractivity contribution in [2.75, 3.05) is 18.6 Å². The van der Waals surface area contributed by atoms with Gasteiger partial charge in [0.15, 0.2) is 12.4 Å². The number of halogens is 2. The first-order valence-electron chi connectivity index (χ1n) is 14.3. The molecular formula is C34H26Br2N2O6. The molecule has 2 heterocycles. The number of benzene rings is 3. The lowest BCUT2D eigenvalue weighted by molar-refractivity contribution is -0.123. The Bertz CT molecular complexity index is 1810. The summed E-state index contributed by atoms with van der Waals surface area (Å²) in [5.74, 6) is -1.06. The zero-order valence-corrected chi connectivity index (χ0v) is 26.7. The van der Waals surface area contributed by atoms with Crippen LogP contribution < -0.4 is 9.64 Å². The van der Waals surface area contributed by atoms with Crippen LogP contribution in [0.5, 0.6) is 5.75 Å². The Kier molecular flexibility index (Phi) is 7.37. The molecule has 0 spiro atoms. The number of hydrogen-bond donors (Lipinski definition) is 0. The van der Waals surface area contributed by atoms with Crippen molar-refractivity contribution in [1.29, 1.82) is 0 Å².